The fraction of sp³-hybridized carbons (Fsp3) is 0.500. The van der Waals surface area contributed by atoms with Gasteiger partial charge < -0.3 is 0 Å². The van der Waals surface area contributed by atoms with Gasteiger partial charge in [0.15, 0.2) is 0 Å². The Morgan fingerprint density at radius 2 is 2.06 bits per heavy atom. The monoisotopic (exact) mass is 270 g/mol. The van der Waals surface area contributed by atoms with E-state index >= 15 is 0 Å². The van der Waals surface area contributed by atoms with Gasteiger partial charge in [0, 0.05) is 13.1 Å². The quantitative estimate of drug-likeness (QED) is 0.881. The molecule has 100 valence electrons. The van der Waals surface area contributed by atoms with E-state index in [2.05, 4.69) is 17.0 Å². The Labute approximate surface area is 108 Å². The number of hydrogen-bond donors (Lipinski definition) is 1. The van der Waals surface area contributed by atoms with Crippen molar-refractivity contribution in [1.82, 2.24) is 4.90 Å². The van der Waals surface area contributed by atoms with Gasteiger partial charge in [-0.15, -0.1) is 0 Å². The van der Waals surface area contributed by atoms with Crippen LogP contribution in [0.3, 0.4) is 0 Å². The predicted molar refractivity (Wildman–Crippen MR) is 68.9 cm³/mol. The molecule has 1 aliphatic rings. The molecule has 1 saturated heterocycles. The van der Waals surface area contributed by atoms with Gasteiger partial charge in [0.2, 0.25) is 0 Å². The first-order valence-corrected chi connectivity index (χ1v) is 7.47. The summed E-state index contributed by atoms with van der Waals surface area (Å²) in [5.74, 6) is 0. The molecule has 1 atom stereocenters. The van der Waals surface area contributed by atoms with Crippen molar-refractivity contribution in [2.75, 3.05) is 13.1 Å². The molecule has 6 heteroatoms. The lowest BCUT2D eigenvalue weighted by atomic mass is 10.1. The Kier molecular flexibility index (Phi) is 4.34. The first-order chi connectivity index (χ1) is 8.53. The van der Waals surface area contributed by atoms with Gasteiger partial charge in [-0.05, 0) is 24.9 Å². The normalized spacial score (nSPS) is 21.9. The van der Waals surface area contributed by atoms with Gasteiger partial charge in [0.25, 0.3) is 0 Å². The molecule has 0 aromatic heterocycles. The highest BCUT2D eigenvalue weighted by molar-refractivity contribution is 7.84. The van der Waals surface area contributed by atoms with Gasteiger partial charge in [0.1, 0.15) is 0 Å². The molecule has 0 spiro atoms. The zero-order valence-electron chi connectivity index (χ0n) is 10.2. The molecular weight excluding hydrogens is 252 g/mol. The number of likely N-dealkylation sites (tertiary alicyclic amines) is 1. The van der Waals surface area contributed by atoms with E-state index in [4.69, 9.17) is 9.32 Å². The predicted octanol–water partition coefficient (Wildman–Crippen LogP) is 0.871. The first kappa shape index (κ1) is 13.5. The van der Waals surface area contributed by atoms with E-state index in [1.807, 2.05) is 18.2 Å². The molecule has 0 radical (unpaired) electrons. The SMILES string of the molecule is NS(=O)(=O)OC1CCCN(Cc2ccccc2)C1. The van der Waals surface area contributed by atoms with Gasteiger partial charge >= 0.3 is 10.3 Å². The Bertz CT molecular complexity index is 475. The first-order valence-electron chi connectivity index (χ1n) is 6.00. The second-order valence-corrected chi connectivity index (χ2v) is 5.75. The molecule has 1 aliphatic heterocycles. The second kappa shape index (κ2) is 5.79. The second-order valence-electron chi connectivity index (χ2n) is 4.57. The Hall–Kier alpha value is -0.950. The molecule has 0 aliphatic carbocycles. The summed E-state index contributed by atoms with van der Waals surface area (Å²) in [7, 11) is -3.85. The van der Waals surface area contributed by atoms with Crippen molar-refractivity contribution < 1.29 is 12.6 Å². The fourth-order valence-corrected chi connectivity index (χ4v) is 2.80. The number of hydrogen-bond acceptors (Lipinski definition) is 4. The van der Waals surface area contributed by atoms with Crippen LogP contribution in [0.2, 0.25) is 0 Å². The summed E-state index contributed by atoms with van der Waals surface area (Å²) >= 11 is 0. The van der Waals surface area contributed by atoms with Crippen molar-refractivity contribution in [2.24, 2.45) is 5.14 Å². The van der Waals surface area contributed by atoms with Crippen LogP contribution in [0.15, 0.2) is 30.3 Å². The van der Waals surface area contributed by atoms with Crippen LogP contribution in [0.4, 0.5) is 0 Å². The molecule has 2 rings (SSSR count). The van der Waals surface area contributed by atoms with Crippen molar-refractivity contribution in [3.63, 3.8) is 0 Å². The van der Waals surface area contributed by atoms with Crippen molar-refractivity contribution >= 4 is 10.3 Å². The summed E-state index contributed by atoms with van der Waals surface area (Å²) in [5.41, 5.74) is 1.22. The van der Waals surface area contributed by atoms with Crippen LogP contribution in [0.5, 0.6) is 0 Å². The van der Waals surface area contributed by atoms with Gasteiger partial charge in [-0.2, -0.15) is 8.42 Å². The van der Waals surface area contributed by atoms with E-state index in [0.717, 1.165) is 25.9 Å². The average molecular weight is 270 g/mol. The van der Waals surface area contributed by atoms with E-state index in [1.54, 1.807) is 0 Å². The van der Waals surface area contributed by atoms with Crippen LogP contribution in [0.1, 0.15) is 18.4 Å². The minimum atomic E-state index is -3.85. The Morgan fingerprint density at radius 1 is 1.33 bits per heavy atom. The van der Waals surface area contributed by atoms with Crippen molar-refractivity contribution in [3.05, 3.63) is 35.9 Å². The largest absolute Gasteiger partial charge is 0.333 e. The Morgan fingerprint density at radius 3 is 2.72 bits per heavy atom. The number of rotatable bonds is 4. The van der Waals surface area contributed by atoms with Gasteiger partial charge in [-0.25, -0.2) is 5.14 Å². The van der Waals surface area contributed by atoms with Crippen LogP contribution in [0, 0.1) is 0 Å². The van der Waals surface area contributed by atoms with Gasteiger partial charge in [0.05, 0.1) is 6.10 Å². The summed E-state index contributed by atoms with van der Waals surface area (Å²) < 4.78 is 26.7. The molecular formula is C12H18N2O3S. The maximum atomic E-state index is 10.9. The maximum absolute atomic E-state index is 10.9. The van der Waals surface area contributed by atoms with Crippen molar-refractivity contribution in [3.8, 4) is 0 Å². The summed E-state index contributed by atoms with van der Waals surface area (Å²) in [5, 5.41) is 4.90. The molecule has 1 heterocycles. The molecule has 1 aromatic carbocycles. The molecule has 2 N–H and O–H groups in total. The third-order valence-electron chi connectivity index (χ3n) is 2.98. The van der Waals surface area contributed by atoms with Crippen molar-refractivity contribution in [1.29, 1.82) is 0 Å². The van der Waals surface area contributed by atoms with E-state index in [0.29, 0.717) is 6.54 Å². The van der Waals surface area contributed by atoms with Crippen LogP contribution >= 0.6 is 0 Å². The highest BCUT2D eigenvalue weighted by Gasteiger charge is 2.23. The molecule has 1 unspecified atom stereocenters. The van der Waals surface area contributed by atoms with Crippen molar-refractivity contribution in [2.45, 2.75) is 25.5 Å². The number of nitrogens with two attached hydrogens (primary N) is 1. The minimum Gasteiger partial charge on any atom is -0.296 e. The van der Waals surface area contributed by atoms with Crippen LogP contribution in [-0.2, 0) is 21.0 Å². The van der Waals surface area contributed by atoms with Gasteiger partial charge in [-0.3, -0.25) is 9.08 Å². The fourth-order valence-electron chi connectivity index (χ4n) is 2.27. The lowest BCUT2D eigenvalue weighted by Gasteiger charge is -2.31. The van der Waals surface area contributed by atoms with Crippen LogP contribution < -0.4 is 5.14 Å². The standard InChI is InChI=1S/C12H18N2O3S/c13-18(15,16)17-12-7-4-8-14(10-12)9-11-5-2-1-3-6-11/h1-3,5-6,12H,4,7-10H2,(H2,13,15,16). The molecule has 18 heavy (non-hydrogen) atoms. The zero-order chi connectivity index (χ0) is 13.0. The average Bonchev–Trinajstić information content (AvgIpc) is 2.28. The third kappa shape index (κ3) is 4.38. The Balaban J connectivity index is 1.91. The zero-order valence-corrected chi connectivity index (χ0v) is 11.0. The summed E-state index contributed by atoms with van der Waals surface area (Å²) in [6.07, 6.45) is 1.34. The molecule has 0 saturated carbocycles. The van der Waals surface area contributed by atoms with E-state index in [9.17, 15) is 8.42 Å². The third-order valence-corrected chi connectivity index (χ3v) is 3.52. The smallest absolute Gasteiger partial charge is 0.296 e. The van der Waals surface area contributed by atoms with E-state index < -0.39 is 10.3 Å². The molecule has 0 bridgehead atoms. The summed E-state index contributed by atoms with van der Waals surface area (Å²) in [4.78, 5) is 2.19. The maximum Gasteiger partial charge on any atom is 0.333 e. The highest BCUT2D eigenvalue weighted by Crippen LogP contribution is 2.16. The van der Waals surface area contributed by atoms with E-state index in [-0.39, 0.29) is 6.10 Å². The van der Waals surface area contributed by atoms with Crippen LogP contribution in [0.25, 0.3) is 0 Å². The van der Waals surface area contributed by atoms with Crippen LogP contribution in [-0.4, -0.2) is 32.5 Å². The van der Waals surface area contributed by atoms with Gasteiger partial charge in [-0.1, -0.05) is 30.3 Å². The molecule has 1 fully saturated rings. The summed E-state index contributed by atoms with van der Waals surface area (Å²) in [6, 6.07) is 10.1. The minimum absolute atomic E-state index is 0.322. The lowest BCUT2D eigenvalue weighted by Crippen LogP contribution is -2.41. The number of nitrogens with zero attached hydrogens (tertiary/aromatic N) is 1. The number of piperidine rings is 1. The molecule has 0 amide bonds. The molecule has 1 aromatic rings. The topological polar surface area (TPSA) is 72.6 Å². The van der Waals surface area contributed by atoms with E-state index in [1.165, 1.54) is 5.56 Å². The lowest BCUT2D eigenvalue weighted by molar-refractivity contribution is 0.0891. The summed E-state index contributed by atoms with van der Waals surface area (Å²) in [6.45, 7) is 2.37. The highest BCUT2D eigenvalue weighted by atomic mass is 32.2. The number of benzene rings is 1. The molecule has 5 nitrogen and oxygen atoms in total.